The first-order chi connectivity index (χ1) is 10.7. The molecule has 1 saturated heterocycles. The zero-order valence-electron chi connectivity index (χ0n) is 12.5. The van der Waals surface area contributed by atoms with E-state index >= 15 is 0 Å². The van der Waals surface area contributed by atoms with Crippen molar-refractivity contribution in [2.75, 3.05) is 4.90 Å². The number of hydrogen-bond donors (Lipinski definition) is 1. The molecule has 7 rings (SSSR count). The molecule has 112 valence electrons. The second kappa shape index (κ2) is 3.39. The molecule has 1 aromatic heterocycles. The summed E-state index contributed by atoms with van der Waals surface area (Å²) in [4.78, 5) is 22.5. The second-order valence-corrected chi connectivity index (χ2v) is 8.03. The third-order valence-electron chi connectivity index (χ3n) is 7.02. The van der Waals surface area contributed by atoms with Gasteiger partial charge in [-0.1, -0.05) is 6.42 Å². The Balaban J connectivity index is 1.45. The lowest BCUT2D eigenvalue weighted by Gasteiger charge is -2.75. The number of aromatic amines is 1. The van der Waals surface area contributed by atoms with Crippen LogP contribution in [0.15, 0.2) is 24.5 Å². The summed E-state index contributed by atoms with van der Waals surface area (Å²) >= 11 is 0. The SMILES string of the molecule is O=C1N(c2ccc3nc[nH]c3c2)[C@@H](C23CC(C2)C3)C12CCC2. The van der Waals surface area contributed by atoms with Gasteiger partial charge in [-0.3, -0.25) is 4.79 Å². The molecule has 4 heteroatoms. The third-order valence-corrected chi connectivity index (χ3v) is 7.02. The Morgan fingerprint density at radius 1 is 1.23 bits per heavy atom. The standard InChI is InChI=1S/C18H19N3O/c22-16-18(4-1-5-18)15(17-7-11(8-17)9-17)21(16)12-2-3-13-14(6-12)20-10-19-13/h2-3,6,10-11,15H,1,4-5,7-9H2,(H,19,20)/t11?,15-,17?/m0/s1. The Hall–Kier alpha value is -1.84. The lowest BCUT2D eigenvalue weighted by atomic mass is 9.35. The van der Waals surface area contributed by atoms with E-state index in [9.17, 15) is 4.79 Å². The number of nitrogens with zero attached hydrogens (tertiary/aromatic N) is 2. The minimum Gasteiger partial charge on any atom is -0.345 e. The quantitative estimate of drug-likeness (QED) is 0.864. The predicted molar refractivity (Wildman–Crippen MR) is 83.4 cm³/mol. The van der Waals surface area contributed by atoms with Crippen molar-refractivity contribution < 1.29 is 4.79 Å². The fourth-order valence-corrected chi connectivity index (χ4v) is 5.78. The molecule has 0 radical (unpaired) electrons. The van der Waals surface area contributed by atoms with E-state index < -0.39 is 0 Å². The Morgan fingerprint density at radius 2 is 2.05 bits per heavy atom. The molecule has 5 fully saturated rings. The van der Waals surface area contributed by atoms with Gasteiger partial charge in [0.05, 0.1) is 28.8 Å². The van der Waals surface area contributed by atoms with Gasteiger partial charge >= 0.3 is 0 Å². The largest absolute Gasteiger partial charge is 0.345 e. The van der Waals surface area contributed by atoms with Crippen LogP contribution in [0, 0.1) is 16.7 Å². The van der Waals surface area contributed by atoms with Crippen molar-refractivity contribution >= 4 is 22.6 Å². The molecular weight excluding hydrogens is 274 g/mol. The average Bonchev–Trinajstić information content (AvgIpc) is 2.80. The summed E-state index contributed by atoms with van der Waals surface area (Å²) in [7, 11) is 0. The molecule has 2 bridgehead atoms. The van der Waals surface area contributed by atoms with Gasteiger partial charge in [0, 0.05) is 5.69 Å². The molecule has 22 heavy (non-hydrogen) atoms. The molecule has 4 aliphatic carbocycles. The minimum atomic E-state index is 0.00827. The van der Waals surface area contributed by atoms with E-state index in [0.717, 1.165) is 35.5 Å². The minimum absolute atomic E-state index is 0.00827. The maximum Gasteiger partial charge on any atom is 0.235 e. The molecule has 1 spiro atoms. The molecule has 2 aromatic rings. The highest BCUT2D eigenvalue weighted by molar-refractivity contribution is 6.07. The van der Waals surface area contributed by atoms with Gasteiger partial charge < -0.3 is 9.88 Å². The van der Waals surface area contributed by atoms with Gasteiger partial charge in [-0.25, -0.2) is 4.98 Å². The predicted octanol–water partition coefficient (Wildman–Crippen LogP) is 3.25. The van der Waals surface area contributed by atoms with Crippen LogP contribution in [-0.2, 0) is 4.79 Å². The van der Waals surface area contributed by atoms with Crippen molar-refractivity contribution in [3.8, 4) is 0 Å². The van der Waals surface area contributed by atoms with Gasteiger partial charge in [-0.2, -0.15) is 0 Å². The first-order valence-electron chi connectivity index (χ1n) is 8.49. The Morgan fingerprint density at radius 3 is 2.68 bits per heavy atom. The van der Waals surface area contributed by atoms with Crippen LogP contribution in [0.2, 0.25) is 0 Å². The number of rotatable bonds is 2. The number of fused-ring (bicyclic) bond motifs is 1. The van der Waals surface area contributed by atoms with E-state index in [1.807, 2.05) is 6.07 Å². The topological polar surface area (TPSA) is 49.0 Å². The van der Waals surface area contributed by atoms with Crippen LogP contribution in [0.4, 0.5) is 5.69 Å². The summed E-state index contributed by atoms with van der Waals surface area (Å²) in [5.74, 6) is 1.34. The van der Waals surface area contributed by atoms with Crippen LogP contribution < -0.4 is 4.90 Å². The number of nitrogens with one attached hydrogen (secondary N) is 1. The van der Waals surface area contributed by atoms with Gasteiger partial charge in [0.1, 0.15) is 0 Å². The highest BCUT2D eigenvalue weighted by Gasteiger charge is 2.75. The van der Waals surface area contributed by atoms with Crippen molar-refractivity contribution in [3.05, 3.63) is 24.5 Å². The lowest BCUT2D eigenvalue weighted by Crippen LogP contribution is -2.81. The normalized spacial score (nSPS) is 37.5. The smallest absolute Gasteiger partial charge is 0.235 e. The number of β-lactam (4-membered cyclic amide) rings is 1. The van der Waals surface area contributed by atoms with Crippen LogP contribution in [0.3, 0.4) is 0 Å². The van der Waals surface area contributed by atoms with E-state index in [1.54, 1.807) is 6.33 Å². The van der Waals surface area contributed by atoms with Crippen LogP contribution in [0.25, 0.3) is 11.0 Å². The number of anilines is 1. The number of imidazole rings is 1. The number of hydrogen-bond acceptors (Lipinski definition) is 2. The maximum absolute atomic E-state index is 13.0. The highest BCUT2D eigenvalue weighted by atomic mass is 16.2. The fraction of sp³-hybridized carbons (Fsp3) is 0.556. The highest BCUT2D eigenvalue weighted by Crippen LogP contribution is 2.74. The van der Waals surface area contributed by atoms with Crippen molar-refractivity contribution in [2.24, 2.45) is 16.7 Å². The number of carbonyl (C=O) groups is 1. The molecule has 1 aliphatic heterocycles. The number of benzene rings is 1. The molecule has 2 heterocycles. The molecule has 5 aliphatic rings. The summed E-state index contributed by atoms with van der Waals surface area (Å²) in [5, 5.41) is 0. The van der Waals surface area contributed by atoms with E-state index in [0.29, 0.717) is 17.4 Å². The first-order valence-corrected chi connectivity index (χ1v) is 8.49. The average molecular weight is 293 g/mol. The molecule has 1 aromatic carbocycles. The number of carbonyl (C=O) groups excluding carboxylic acids is 1. The van der Waals surface area contributed by atoms with Crippen molar-refractivity contribution in [1.82, 2.24) is 9.97 Å². The van der Waals surface area contributed by atoms with Gasteiger partial charge in [0.15, 0.2) is 0 Å². The molecule has 1 N–H and O–H groups in total. The molecule has 4 nitrogen and oxygen atoms in total. The summed E-state index contributed by atoms with van der Waals surface area (Å²) in [6.45, 7) is 0. The molecule has 1 atom stereocenters. The van der Waals surface area contributed by atoms with E-state index in [-0.39, 0.29) is 5.41 Å². The number of H-pyrrole nitrogens is 1. The van der Waals surface area contributed by atoms with E-state index in [2.05, 4.69) is 27.0 Å². The van der Waals surface area contributed by atoms with Crippen LogP contribution >= 0.6 is 0 Å². The summed E-state index contributed by atoms with van der Waals surface area (Å²) in [6.07, 6.45) is 9.26. The summed E-state index contributed by atoms with van der Waals surface area (Å²) in [5.41, 5.74) is 3.53. The number of amides is 1. The van der Waals surface area contributed by atoms with Gasteiger partial charge in [-0.05, 0) is 61.6 Å². The summed E-state index contributed by atoms with van der Waals surface area (Å²) < 4.78 is 0. The van der Waals surface area contributed by atoms with Crippen LogP contribution in [0.1, 0.15) is 38.5 Å². The van der Waals surface area contributed by atoms with Gasteiger partial charge in [-0.15, -0.1) is 0 Å². The van der Waals surface area contributed by atoms with Gasteiger partial charge in [0.2, 0.25) is 5.91 Å². The second-order valence-electron chi connectivity index (χ2n) is 8.03. The van der Waals surface area contributed by atoms with Crippen LogP contribution in [-0.4, -0.2) is 21.9 Å². The third kappa shape index (κ3) is 1.09. The zero-order chi connectivity index (χ0) is 14.5. The van der Waals surface area contributed by atoms with Crippen molar-refractivity contribution in [1.29, 1.82) is 0 Å². The zero-order valence-corrected chi connectivity index (χ0v) is 12.5. The van der Waals surface area contributed by atoms with Crippen molar-refractivity contribution in [3.63, 3.8) is 0 Å². The lowest BCUT2D eigenvalue weighted by molar-refractivity contribution is -0.200. The number of aromatic nitrogens is 2. The monoisotopic (exact) mass is 293 g/mol. The van der Waals surface area contributed by atoms with Crippen molar-refractivity contribution in [2.45, 2.75) is 44.6 Å². The van der Waals surface area contributed by atoms with Crippen LogP contribution in [0.5, 0.6) is 0 Å². The Labute approximate surface area is 128 Å². The maximum atomic E-state index is 13.0. The Bertz CT molecular complexity index is 802. The molecular formula is C18H19N3O. The molecule has 0 unspecified atom stereocenters. The summed E-state index contributed by atoms with van der Waals surface area (Å²) in [6, 6.07) is 6.67. The molecule has 4 saturated carbocycles. The van der Waals surface area contributed by atoms with E-state index in [4.69, 9.17) is 0 Å². The first kappa shape index (κ1) is 11.7. The Kier molecular flexibility index (Phi) is 1.80. The van der Waals surface area contributed by atoms with Gasteiger partial charge in [0.25, 0.3) is 0 Å². The molecule has 1 amide bonds. The van der Waals surface area contributed by atoms with E-state index in [1.165, 1.54) is 25.7 Å². The fourth-order valence-electron chi connectivity index (χ4n) is 5.78.